The highest BCUT2D eigenvalue weighted by molar-refractivity contribution is 6.23. The van der Waals surface area contributed by atoms with Crippen molar-refractivity contribution in [3.05, 3.63) is 125 Å². The zero-order chi connectivity index (χ0) is 42.8. The van der Waals surface area contributed by atoms with Crippen LogP contribution in [0.2, 0.25) is 0 Å². The van der Waals surface area contributed by atoms with Gasteiger partial charge in [-0.2, -0.15) is 0 Å². The molecular formula is C49H54FN5O6. The first-order chi connectivity index (χ1) is 29.5. The van der Waals surface area contributed by atoms with E-state index in [1.165, 1.54) is 17.2 Å². The quantitative estimate of drug-likeness (QED) is 0.115. The predicted molar refractivity (Wildman–Crippen MR) is 233 cm³/mol. The highest BCUT2D eigenvalue weighted by atomic mass is 19.1. The number of ether oxygens (including phenoxy) is 1. The Morgan fingerprint density at radius 2 is 1.41 bits per heavy atom. The number of likely N-dealkylation sites (tertiary alicyclic amines) is 1. The molecule has 0 bridgehead atoms. The second kappa shape index (κ2) is 18.0. The number of phenols is 1. The molecular weight excluding hydrogens is 774 g/mol. The summed E-state index contributed by atoms with van der Waals surface area (Å²) >= 11 is 0. The molecule has 3 saturated heterocycles. The van der Waals surface area contributed by atoms with E-state index in [0.717, 1.165) is 91.9 Å². The smallest absolute Gasteiger partial charge is 0.262 e. The molecule has 61 heavy (non-hydrogen) atoms. The first kappa shape index (κ1) is 41.9. The molecule has 2 N–H and O–H groups in total. The van der Waals surface area contributed by atoms with Crippen molar-refractivity contribution < 1.29 is 33.4 Å². The Balaban J connectivity index is 0.824. The number of piperazine rings is 1. The molecule has 4 aliphatic heterocycles. The summed E-state index contributed by atoms with van der Waals surface area (Å²) in [5.41, 5.74) is 6.00. The number of hydrogen-bond donors (Lipinski definition) is 2. The number of rotatable bonds is 12. The summed E-state index contributed by atoms with van der Waals surface area (Å²) < 4.78 is 22.0. The summed E-state index contributed by atoms with van der Waals surface area (Å²) in [6.45, 7) is 12.2. The van der Waals surface area contributed by atoms with Crippen molar-refractivity contribution in [2.45, 2.75) is 71.0 Å². The van der Waals surface area contributed by atoms with Crippen LogP contribution in [0.15, 0.2) is 91.0 Å². The third kappa shape index (κ3) is 8.83. The first-order valence-electron chi connectivity index (χ1n) is 21.6. The van der Waals surface area contributed by atoms with Gasteiger partial charge in [-0.05, 0) is 123 Å². The SMILES string of the molecule is CCC(=C(c1ccc(O)cc1)c1ccc(OCCN2CCC(CN3CC(C)N(c4cc5c(cc4F)C(=O)N(C4CCC(=O)NC4=O)C5=O)C(C)C3)CC2)cc1)c1ccccc1. The van der Waals surface area contributed by atoms with Gasteiger partial charge >= 0.3 is 0 Å². The molecule has 0 aliphatic carbocycles. The van der Waals surface area contributed by atoms with Crippen LogP contribution in [0.4, 0.5) is 10.1 Å². The van der Waals surface area contributed by atoms with Crippen LogP contribution in [-0.4, -0.2) is 107 Å². The van der Waals surface area contributed by atoms with E-state index in [4.69, 9.17) is 4.74 Å². The van der Waals surface area contributed by atoms with Gasteiger partial charge < -0.3 is 14.7 Å². The average Bonchev–Trinajstić information content (AvgIpc) is 3.48. The lowest BCUT2D eigenvalue weighted by molar-refractivity contribution is -0.136. The Hall–Kier alpha value is -5.85. The fourth-order valence-electron chi connectivity index (χ4n) is 9.81. The Kier molecular flexibility index (Phi) is 12.4. The number of benzene rings is 4. The summed E-state index contributed by atoms with van der Waals surface area (Å²) in [4.78, 5) is 58.7. The van der Waals surface area contributed by atoms with E-state index in [9.17, 15) is 24.3 Å². The summed E-state index contributed by atoms with van der Waals surface area (Å²) in [6.07, 6.45) is 3.10. The van der Waals surface area contributed by atoms with Crippen LogP contribution in [0.5, 0.6) is 11.5 Å². The summed E-state index contributed by atoms with van der Waals surface area (Å²) in [6, 6.07) is 27.6. The van der Waals surface area contributed by atoms with E-state index >= 15 is 4.39 Å². The van der Waals surface area contributed by atoms with Gasteiger partial charge in [0, 0.05) is 44.7 Å². The van der Waals surface area contributed by atoms with Crippen LogP contribution < -0.4 is 15.0 Å². The van der Waals surface area contributed by atoms with Crippen LogP contribution in [0.25, 0.3) is 11.1 Å². The van der Waals surface area contributed by atoms with Gasteiger partial charge in [-0.15, -0.1) is 0 Å². The molecule has 3 fully saturated rings. The lowest BCUT2D eigenvalue weighted by atomic mass is 9.88. The number of piperidine rings is 2. The molecule has 3 atom stereocenters. The van der Waals surface area contributed by atoms with Gasteiger partial charge in [-0.1, -0.05) is 61.5 Å². The molecule has 4 heterocycles. The van der Waals surface area contributed by atoms with Crippen molar-refractivity contribution in [3.8, 4) is 11.5 Å². The van der Waals surface area contributed by atoms with E-state index in [-0.39, 0.29) is 47.5 Å². The number of phenolic OH excluding ortho intramolecular Hbond substituents is 1. The maximum atomic E-state index is 15.8. The van der Waals surface area contributed by atoms with Gasteiger partial charge in [-0.25, -0.2) is 4.39 Å². The van der Waals surface area contributed by atoms with Gasteiger partial charge in [-0.3, -0.25) is 39.2 Å². The second-order valence-electron chi connectivity index (χ2n) is 16.9. The zero-order valence-corrected chi connectivity index (χ0v) is 35.1. The molecule has 4 amide bonds. The Morgan fingerprint density at radius 1 is 0.787 bits per heavy atom. The number of nitrogens with one attached hydrogen (secondary N) is 1. The van der Waals surface area contributed by atoms with E-state index < -0.39 is 35.5 Å². The highest BCUT2D eigenvalue weighted by Crippen LogP contribution is 2.37. The van der Waals surface area contributed by atoms with Crippen molar-refractivity contribution in [1.82, 2.24) is 20.0 Å². The van der Waals surface area contributed by atoms with Crippen molar-refractivity contribution in [1.29, 1.82) is 0 Å². The molecule has 0 spiro atoms. The minimum absolute atomic E-state index is 0.0214. The molecule has 4 aliphatic rings. The Morgan fingerprint density at radius 3 is 2.03 bits per heavy atom. The molecule has 4 aromatic carbocycles. The number of halogens is 1. The van der Waals surface area contributed by atoms with Crippen LogP contribution >= 0.6 is 0 Å². The topological polar surface area (TPSA) is 123 Å². The standard InChI is InChI=1S/C49H54FN5O6/c1-4-39(34-8-6-5-7-9-34)46(35-10-14-37(56)15-11-35)36-12-16-38(17-13-36)61-25-24-52-22-20-33(21-23-52)30-53-28-31(2)54(32(3)29-53)44-27-41-40(26-42(44)50)48(59)55(49(41)60)43-18-19-45(57)51-47(43)58/h5-17,26-27,31-33,43,56H,4,18-25,28-30H2,1-3H3,(H,51,57,58). The Bertz CT molecular complexity index is 2300. The number of hydrogen-bond acceptors (Lipinski definition) is 9. The predicted octanol–water partition coefficient (Wildman–Crippen LogP) is 6.99. The first-order valence-corrected chi connectivity index (χ1v) is 21.6. The molecule has 318 valence electrons. The maximum Gasteiger partial charge on any atom is 0.262 e. The second-order valence-corrected chi connectivity index (χ2v) is 16.9. The fraction of sp³-hybridized carbons (Fsp3) is 0.388. The molecule has 0 aromatic heterocycles. The third-order valence-electron chi connectivity index (χ3n) is 12.8. The van der Waals surface area contributed by atoms with E-state index in [0.29, 0.717) is 12.5 Å². The number of nitrogens with zero attached hydrogens (tertiary/aromatic N) is 4. The van der Waals surface area contributed by atoms with Crippen molar-refractivity contribution >= 4 is 40.5 Å². The molecule has 8 rings (SSSR count). The number of imide groups is 2. The van der Waals surface area contributed by atoms with Crippen LogP contribution in [0, 0.1) is 11.7 Å². The molecule has 3 unspecified atom stereocenters. The maximum absolute atomic E-state index is 15.8. The van der Waals surface area contributed by atoms with Gasteiger partial charge in [0.05, 0.1) is 16.8 Å². The highest BCUT2D eigenvalue weighted by Gasteiger charge is 2.46. The summed E-state index contributed by atoms with van der Waals surface area (Å²) in [5.74, 6) is -1.44. The lowest BCUT2D eigenvalue weighted by Crippen LogP contribution is -2.58. The Labute approximate surface area is 356 Å². The third-order valence-corrected chi connectivity index (χ3v) is 12.8. The summed E-state index contributed by atoms with van der Waals surface area (Å²) in [7, 11) is 0. The minimum atomic E-state index is -1.10. The van der Waals surface area contributed by atoms with Gasteiger partial charge in [0.15, 0.2) is 0 Å². The van der Waals surface area contributed by atoms with E-state index in [2.05, 4.69) is 72.3 Å². The van der Waals surface area contributed by atoms with Gasteiger partial charge in [0.2, 0.25) is 11.8 Å². The fourth-order valence-corrected chi connectivity index (χ4v) is 9.81. The van der Waals surface area contributed by atoms with Gasteiger partial charge in [0.25, 0.3) is 11.8 Å². The number of carbonyl (C=O) groups is 4. The number of amides is 4. The van der Waals surface area contributed by atoms with Crippen LogP contribution in [-0.2, 0) is 9.59 Å². The van der Waals surface area contributed by atoms with Crippen LogP contribution in [0.3, 0.4) is 0 Å². The molecule has 11 nitrogen and oxygen atoms in total. The van der Waals surface area contributed by atoms with Crippen molar-refractivity contribution in [2.75, 3.05) is 50.8 Å². The average molecular weight is 828 g/mol. The number of anilines is 1. The number of carbonyl (C=O) groups excluding carboxylic acids is 4. The molecule has 12 heteroatoms. The van der Waals surface area contributed by atoms with Gasteiger partial charge in [0.1, 0.15) is 30.0 Å². The summed E-state index contributed by atoms with van der Waals surface area (Å²) in [5, 5.41) is 12.2. The molecule has 0 saturated carbocycles. The van der Waals surface area contributed by atoms with E-state index in [1.807, 2.05) is 35.2 Å². The van der Waals surface area contributed by atoms with Crippen molar-refractivity contribution in [2.24, 2.45) is 5.92 Å². The largest absolute Gasteiger partial charge is 0.508 e. The number of aromatic hydroxyl groups is 1. The van der Waals surface area contributed by atoms with Crippen LogP contribution in [0.1, 0.15) is 90.3 Å². The monoisotopic (exact) mass is 827 g/mol. The number of fused-ring (bicyclic) bond motifs is 1. The van der Waals surface area contributed by atoms with E-state index in [1.54, 1.807) is 12.1 Å². The number of allylic oxidation sites excluding steroid dienone is 1. The lowest BCUT2D eigenvalue weighted by Gasteiger charge is -2.47. The van der Waals surface area contributed by atoms with Crippen molar-refractivity contribution in [3.63, 3.8) is 0 Å². The molecule has 0 radical (unpaired) electrons. The molecule has 4 aromatic rings. The normalized spacial score (nSPS) is 22.0. The zero-order valence-electron chi connectivity index (χ0n) is 35.1. The minimum Gasteiger partial charge on any atom is -0.508 e.